The first-order valence-corrected chi connectivity index (χ1v) is 19.8. The number of carbonyl (C=O) groups excluding carboxylic acids is 2. The Morgan fingerprint density at radius 2 is 0.787 bits per heavy atom. The molecule has 0 aliphatic rings. The largest absolute Gasteiger partial charge is 0.464 e. The van der Waals surface area contributed by atoms with E-state index in [0.717, 1.165) is 57.9 Å². The minimum Gasteiger partial charge on any atom is -0.464 e. The number of likely N-dealkylation sites (N-methyl/N-ethyl adjacent to an activating group) is 1. The third-order valence-corrected chi connectivity index (χ3v) is 8.45. The van der Waals surface area contributed by atoms with E-state index in [1.54, 1.807) is 0 Å². The van der Waals surface area contributed by atoms with Gasteiger partial charge in [-0.05, 0) is 83.6 Å². The number of carbonyl (C=O) groups is 2. The van der Waals surface area contributed by atoms with Crippen molar-refractivity contribution >= 4 is 11.9 Å². The van der Waals surface area contributed by atoms with Crippen molar-refractivity contribution in [2.24, 2.45) is 0 Å². The lowest BCUT2D eigenvalue weighted by Gasteiger charge is -2.20. The number of hydrogen-bond acceptors (Lipinski definition) is 5. The Balaban J connectivity index is 3.58. The summed E-state index contributed by atoms with van der Waals surface area (Å²) < 4.78 is 10.9. The molecular formula is C42H75NO4. The van der Waals surface area contributed by atoms with Crippen LogP contribution in [0.5, 0.6) is 0 Å². The second kappa shape index (κ2) is 38.3. The van der Waals surface area contributed by atoms with Crippen LogP contribution in [-0.4, -0.2) is 49.7 Å². The van der Waals surface area contributed by atoms with E-state index in [1.807, 2.05) is 0 Å². The van der Waals surface area contributed by atoms with Gasteiger partial charge in [0.1, 0.15) is 13.2 Å². The predicted molar refractivity (Wildman–Crippen MR) is 203 cm³/mol. The number of hydrogen-bond donors (Lipinski definition) is 0. The van der Waals surface area contributed by atoms with Crippen LogP contribution < -0.4 is 0 Å². The van der Waals surface area contributed by atoms with Gasteiger partial charge in [-0.1, -0.05) is 134 Å². The summed E-state index contributed by atoms with van der Waals surface area (Å²) in [6, 6.07) is 0. The second-order valence-electron chi connectivity index (χ2n) is 12.8. The number of unbranched alkanes of at least 4 members (excludes halogenated alkanes) is 16. The molecule has 0 fully saturated rings. The molecule has 0 radical (unpaired) electrons. The maximum absolute atomic E-state index is 12.1. The Morgan fingerprint density at radius 3 is 1.15 bits per heavy atom. The number of nitrogens with zero attached hydrogens (tertiary/aromatic N) is 1. The van der Waals surface area contributed by atoms with Crippen LogP contribution in [0, 0.1) is 0 Å². The van der Waals surface area contributed by atoms with E-state index in [0.29, 0.717) is 39.1 Å². The van der Waals surface area contributed by atoms with E-state index < -0.39 is 0 Å². The molecule has 0 aromatic carbocycles. The molecule has 0 heterocycles. The lowest BCUT2D eigenvalue weighted by Crippen LogP contribution is -2.32. The SMILES string of the molecule is CCCCC/C=C\C/C=C\CCCCCCCC(=O)OCCN(CC)CCOC(=O)CCCCCCC/C=C\C/C=C\CCCCC. The van der Waals surface area contributed by atoms with Gasteiger partial charge < -0.3 is 9.47 Å². The van der Waals surface area contributed by atoms with Gasteiger partial charge in [0.25, 0.3) is 0 Å². The lowest BCUT2D eigenvalue weighted by molar-refractivity contribution is -0.144. The van der Waals surface area contributed by atoms with Gasteiger partial charge in [-0.3, -0.25) is 14.5 Å². The average Bonchev–Trinajstić information content (AvgIpc) is 3.07. The van der Waals surface area contributed by atoms with Gasteiger partial charge in [-0.2, -0.15) is 0 Å². The van der Waals surface area contributed by atoms with Crippen molar-refractivity contribution in [1.29, 1.82) is 0 Å². The summed E-state index contributed by atoms with van der Waals surface area (Å²) in [5.74, 6) is -0.203. The molecule has 0 aliphatic carbocycles. The van der Waals surface area contributed by atoms with E-state index in [1.165, 1.54) is 89.9 Å². The molecular weight excluding hydrogens is 582 g/mol. The highest BCUT2D eigenvalue weighted by Crippen LogP contribution is 2.10. The van der Waals surface area contributed by atoms with Crippen LogP contribution in [-0.2, 0) is 19.1 Å². The van der Waals surface area contributed by atoms with Crippen molar-refractivity contribution in [3.8, 4) is 0 Å². The molecule has 5 heteroatoms. The van der Waals surface area contributed by atoms with E-state index >= 15 is 0 Å². The first kappa shape index (κ1) is 44.9. The molecule has 272 valence electrons. The number of esters is 2. The molecule has 0 saturated heterocycles. The van der Waals surface area contributed by atoms with Crippen molar-refractivity contribution in [2.45, 2.75) is 175 Å². The van der Waals surface area contributed by atoms with Crippen LogP contribution in [0.4, 0.5) is 0 Å². The Kier molecular flexibility index (Phi) is 36.6. The molecule has 0 spiro atoms. The lowest BCUT2D eigenvalue weighted by atomic mass is 10.1. The van der Waals surface area contributed by atoms with Crippen LogP contribution >= 0.6 is 0 Å². The number of rotatable bonds is 35. The topological polar surface area (TPSA) is 55.8 Å². The average molecular weight is 658 g/mol. The molecule has 0 unspecified atom stereocenters. The highest BCUT2D eigenvalue weighted by molar-refractivity contribution is 5.69. The van der Waals surface area contributed by atoms with Crippen LogP contribution in [0.25, 0.3) is 0 Å². The molecule has 0 aromatic rings. The molecule has 0 rings (SSSR count). The van der Waals surface area contributed by atoms with Crippen molar-refractivity contribution in [1.82, 2.24) is 4.90 Å². The van der Waals surface area contributed by atoms with Crippen molar-refractivity contribution in [2.75, 3.05) is 32.8 Å². The monoisotopic (exact) mass is 658 g/mol. The Hall–Kier alpha value is -2.14. The Bertz CT molecular complexity index is 736. The predicted octanol–water partition coefficient (Wildman–Crippen LogP) is 12.0. The third kappa shape index (κ3) is 36.5. The van der Waals surface area contributed by atoms with Crippen molar-refractivity contribution in [3.63, 3.8) is 0 Å². The highest BCUT2D eigenvalue weighted by Gasteiger charge is 2.08. The fourth-order valence-electron chi connectivity index (χ4n) is 5.31. The molecule has 5 nitrogen and oxygen atoms in total. The minimum atomic E-state index is -0.101. The summed E-state index contributed by atoms with van der Waals surface area (Å²) in [7, 11) is 0. The molecule has 0 aromatic heterocycles. The molecule has 47 heavy (non-hydrogen) atoms. The van der Waals surface area contributed by atoms with E-state index in [2.05, 4.69) is 74.3 Å². The zero-order valence-corrected chi connectivity index (χ0v) is 31.2. The van der Waals surface area contributed by atoms with Gasteiger partial charge in [-0.15, -0.1) is 0 Å². The number of allylic oxidation sites excluding steroid dienone is 8. The maximum atomic E-state index is 12.1. The van der Waals surface area contributed by atoms with E-state index in [-0.39, 0.29) is 11.9 Å². The fourth-order valence-corrected chi connectivity index (χ4v) is 5.31. The Labute approximate surface area is 291 Å². The van der Waals surface area contributed by atoms with Gasteiger partial charge in [0.05, 0.1) is 0 Å². The molecule has 0 aliphatic heterocycles. The van der Waals surface area contributed by atoms with Crippen molar-refractivity contribution < 1.29 is 19.1 Å². The van der Waals surface area contributed by atoms with E-state index in [9.17, 15) is 9.59 Å². The standard InChI is InChI=1S/C42H75NO4/c1-4-7-9-11-13-15-17-19-21-23-25-27-29-31-33-35-41(44)46-39-37-43(6-3)38-40-47-42(45)36-34-32-30-28-26-24-22-20-18-16-14-12-10-8-5-2/h13-16,19-22H,4-12,17-18,23-40H2,1-3H3/b15-13-,16-14-,21-19-,22-20-. The molecule has 0 atom stereocenters. The smallest absolute Gasteiger partial charge is 0.305 e. The normalized spacial score (nSPS) is 12.1. The fraction of sp³-hybridized carbons (Fsp3) is 0.762. The van der Waals surface area contributed by atoms with Crippen LogP contribution in [0.1, 0.15) is 175 Å². The van der Waals surface area contributed by atoms with E-state index in [4.69, 9.17) is 9.47 Å². The minimum absolute atomic E-state index is 0.101. The summed E-state index contributed by atoms with van der Waals surface area (Å²) in [5.41, 5.74) is 0. The molecule has 0 amide bonds. The molecule has 0 bridgehead atoms. The summed E-state index contributed by atoms with van der Waals surface area (Å²) in [5, 5.41) is 0. The summed E-state index contributed by atoms with van der Waals surface area (Å²) in [6.07, 6.45) is 45.2. The highest BCUT2D eigenvalue weighted by atomic mass is 16.5. The third-order valence-electron chi connectivity index (χ3n) is 8.45. The summed E-state index contributed by atoms with van der Waals surface area (Å²) in [4.78, 5) is 26.4. The second-order valence-corrected chi connectivity index (χ2v) is 12.8. The van der Waals surface area contributed by atoms with Gasteiger partial charge in [0.2, 0.25) is 0 Å². The first-order chi connectivity index (χ1) is 23.1. The van der Waals surface area contributed by atoms with Crippen LogP contribution in [0.3, 0.4) is 0 Å². The molecule has 0 saturated carbocycles. The van der Waals surface area contributed by atoms with Gasteiger partial charge >= 0.3 is 11.9 Å². The maximum Gasteiger partial charge on any atom is 0.305 e. The van der Waals surface area contributed by atoms with Gasteiger partial charge in [-0.25, -0.2) is 0 Å². The summed E-state index contributed by atoms with van der Waals surface area (Å²) in [6.45, 7) is 9.54. The zero-order valence-electron chi connectivity index (χ0n) is 31.2. The number of ether oxygens (including phenoxy) is 2. The zero-order chi connectivity index (χ0) is 34.3. The van der Waals surface area contributed by atoms with Crippen LogP contribution in [0.15, 0.2) is 48.6 Å². The van der Waals surface area contributed by atoms with Crippen LogP contribution in [0.2, 0.25) is 0 Å². The first-order valence-electron chi connectivity index (χ1n) is 19.8. The molecule has 0 N–H and O–H groups in total. The Morgan fingerprint density at radius 1 is 0.447 bits per heavy atom. The van der Waals surface area contributed by atoms with Gasteiger partial charge in [0, 0.05) is 25.9 Å². The van der Waals surface area contributed by atoms with Crippen molar-refractivity contribution in [3.05, 3.63) is 48.6 Å². The summed E-state index contributed by atoms with van der Waals surface area (Å²) >= 11 is 0. The quantitative estimate of drug-likeness (QED) is 0.0386. The van der Waals surface area contributed by atoms with Gasteiger partial charge in [0.15, 0.2) is 0 Å².